The molecule has 0 radical (unpaired) electrons. The Labute approximate surface area is 159 Å². The van der Waals surface area contributed by atoms with Crippen LogP contribution in [0.25, 0.3) is 0 Å². The Balaban J connectivity index is 0.00000182. The van der Waals surface area contributed by atoms with Crippen molar-refractivity contribution in [2.75, 3.05) is 24.7 Å². The minimum atomic E-state index is -3.24. The molecule has 0 amide bonds. The number of nitrogens with one attached hydrogen (secondary N) is 1. The summed E-state index contributed by atoms with van der Waals surface area (Å²) in [6, 6.07) is 11.2. The molecule has 2 heterocycles. The van der Waals surface area contributed by atoms with Gasteiger partial charge in [0.2, 0.25) is 0 Å². The lowest BCUT2D eigenvalue weighted by Crippen LogP contribution is -2.26. The van der Waals surface area contributed by atoms with Crippen LogP contribution in [0.5, 0.6) is 0 Å². The Morgan fingerprint density at radius 1 is 1.28 bits per heavy atom. The number of hydrogen-bond acceptors (Lipinski definition) is 4. The van der Waals surface area contributed by atoms with E-state index >= 15 is 0 Å². The third-order valence-corrected chi connectivity index (χ3v) is 6.96. The van der Waals surface area contributed by atoms with E-state index in [1.807, 2.05) is 7.05 Å². The van der Waals surface area contributed by atoms with Gasteiger partial charge in [-0.25, -0.2) is 8.42 Å². The fourth-order valence-electron chi connectivity index (χ4n) is 3.74. The zero-order valence-corrected chi connectivity index (χ0v) is 16.2. The van der Waals surface area contributed by atoms with Gasteiger partial charge < -0.3 is 5.32 Å². The fourth-order valence-corrected chi connectivity index (χ4v) is 5.78. The van der Waals surface area contributed by atoms with E-state index in [-0.39, 0.29) is 24.2 Å². The predicted molar refractivity (Wildman–Crippen MR) is 104 cm³/mol. The van der Waals surface area contributed by atoms with Crippen LogP contribution in [0.4, 0.5) is 5.69 Å². The van der Waals surface area contributed by atoms with Crippen LogP contribution in [0.15, 0.2) is 41.3 Å². The Morgan fingerprint density at radius 2 is 2.08 bits per heavy atom. The Kier molecular flexibility index (Phi) is 5.04. The maximum atomic E-state index is 12.4. The highest BCUT2D eigenvalue weighted by Crippen LogP contribution is 2.39. The van der Waals surface area contributed by atoms with Crippen LogP contribution in [-0.4, -0.2) is 32.7 Å². The van der Waals surface area contributed by atoms with Gasteiger partial charge in [0.15, 0.2) is 9.84 Å². The Morgan fingerprint density at radius 3 is 2.88 bits per heavy atom. The third-order valence-electron chi connectivity index (χ3n) is 4.93. The van der Waals surface area contributed by atoms with E-state index in [1.54, 1.807) is 18.2 Å². The minimum absolute atomic E-state index is 0. The summed E-state index contributed by atoms with van der Waals surface area (Å²) in [4.78, 5) is 2.52. The van der Waals surface area contributed by atoms with Crippen molar-refractivity contribution in [1.82, 2.24) is 4.90 Å². The van der Waals surface area contributed by atoms with Gasteiger partial charge in [0, 0.05) is 23.8 Å². The summed E-state index contributed by atoms with van der Waals surface area (Å²) >= 11 is 6.10. The van der Waals surface area contributed by atoms with Crippen LogP contribution in [0, 0.1) is 0 Å². The lowest BCUT2D eigenvalue weighted by molar-refractivity contribution is 0.257. The van der Waals surface area contributed by atoms with E-state index in [1.165, 1.54) is 16.8 Å². The second kappa shape index (κ2) is 6.80. The molecule has 7 heteroatoms. The van der Waals surface area contributed by atoms with E-state index < -0.39 is 9.84 Å². The van der Waals surface area contributed by atoms with Gasteiger partial charge in [-0.2, -0.15) is 0 Å². The number of benzene rings is 2. The van der Waals surface area contributed by atoms with Crippen molar-refractivity contribution in [3.63, 3.8) is 0 Å². The first-order valence-electron chi connectivity index (χ1n) is 8.03. The molecule has 134 valence electrons. The zero-order valence-electron chi connectivity index (χ0n) is 13.8. The normalized spacial score (nSPS) is 19.9. The number of hydrogen-bond donors (Lipinski definition) is 1. The summed E-state index contributed by atoms with van der Waals surface area (Å²) in [7, 11) is -1.26. The number of sulfone groups is 1. The molecule has 0 saturated carbocycles. The fraction of sp³-hybridized carbons (Fsp3) is 0.333. The van der Waals surface area contributed by atoms with Crippen LogP contribution >= 0.6 is 24.0 Å². The molecular formula is C18H20Cl2N2O2S. The standard InChI is InChI=1S/C18H19ClN2O2S.ClH/c1-21(10-13-4-2-3-12-7-8-20-18(12)13)16-11-24(22,23)17-6-5-14(19)9-15(16)17;/h2-6,9,16,20H,7-8,10-11H2,1H3;1H. The van der Waals surface area contributed by atoms with Crippen LogP contribution in [0.3, 0.4) is 0 Å². The number of anilines is 1. The lowest BCUT2D eigenvalue weighted by Gasteiger charge is -2.25. The van der Waals surface area contributed by atoms with Gasteiger partial charge in [0.25, 0.3) is 0 Å². The van der Waals surface area contributed by atoms with E-state index in [9.17, 15) is 8.42 Å². The molecule has 0 spiro atoms. The molecule has 0 aliphatic carbocycles. The van der Waals surface area contributed by atoms with Crippen LogP contribution in [-0.2, 0) is 22.8 Å². The summed E-state index contributed by atoms with van der Waals surface area (Å²) in [6.07, 6.45) is 1.04. The monoisotopic (exact) mass is 398 g/mol. The van der Waals surface area contributed by atoms with Crippen molar-refractivity contribution in [2.45, 2.75) is 23.9 Å². The first-order chi connectivity index (χ1) is 11.5. The van der Waals surface area contributed by atoms with Gasteiger partial charge in [0.1, 0.15) is 0 Å². The SMILES string of the molecule is CN(Cc1cccc2c1NCC2)C1CS(=O)(=O)c2ccc(Cl)cc21.Cl. The highest BCUT2D eigenvalue weighted by molar-refractivity contribution is 7.91. The van der Waals surface area contributed by atoms with Crippen molar-refractivity contribution in [1.29, 1.82) is 0 Å². The molecule has 1 unspecified atom stereocenters. The van der Waals surface area contributed by atoms with Gasteiger partial charge in [0.05, 0.1) is 16.7 Å². The number of halogens is 2. The van der Waals surface area contributed by atoms with E-state index in [4.69, 9.17) is 11.6 Å². The summed E-state index contributed by atoms with van der Waals surface area (Å²) < 4.78 is 24.9. The zero-order chi connectivity index (χ0) is 16.9. The van der Waals surface area contributed by atoms with Crippen LogP contribution < -0.4 is 5.32 Å². The van der Waals surface area contributed by atoms with Crippen molar-refractivity contribution in [3.8, 4) is 0 Å². The second-order valence-electron chi connectivity index (χ2n) is 6.52. The smallest absolute Gasteiger partial charge is 0.180 e. The van der Waals surface area contributed by atoms with Crippen molar-refractivity contribution in [3.05, 3.63) is 58.1 Å². The minimum Gasteiger partial charge on any atom is -0.384 e. The summed E-state index contributed by atoms with van der Waals surface area (Å²) in [5, 5.41) is 4.02. The van der Waals surface area contributed by atoms with Crippen LogP contribution in [0.2, 0.25) is 5.02 Å². The molecule has 0 saturated heterocycles. The molecule has 1 atom stereocenters. The average molecular weight is 399 g/mol. The van der Waals surface area contributed by atoms with Crippen LogP contribution in [0.1, 0.15) is 22.7 Å². The van der Waals surface area contributed by atoms with Gasteiger partial charge in [-0.3, -0.25) is 4.90 Å². The molecule has 4 rings (SSSR count). The van der Waals surface area contributed by atoms with E-state index in [2.05, 4.69) is 28.4 Å². The number of nitrogens with zero attached hydrogens (tertiary/aromatic N) is 1. The summed E-state index contributed by atoms with van der Waals surface area (Å²) in [6.45, 7) is 1.66. The molecule has 0 bridgehead atoms. The van der Waals surface area contributed by atoms with E-state index in [0.29, 0.717) is 16.5 Å². The maximum absolute atomic E-state index is 12.4. The van der Waals surface area contributed by atoms with Gasteiger partial charge in [-0.1, -0.05) is 29.8 Å². The van der Waals surface area contributed by atoms with Gasteiger partial charge in [-0.15, -0.1) is 12.4 Å². The summed E-state index contributed by atoms with van der Waals surface area (Å²) in [5.41, 5.74) is 4.56. The molecule has 0 aromatic heterocycles. The van der Waals surface area contributed by atoms with Crippen molar-refractivity contribution in [2.24, 2.45) is 0 Å². The predicted octanol–water partition coefficient (Wildman–Crippen LogP) is 3.69. The van der Waals surface area contributed by atoms with Gasteiger partial charge >= 0.3 is 0 Å². The first-order valence-corrected chi connectivity index (χ1v) is 10.1. The molecular weight excluding hydrogens is 379 g/mol. The molecule has 2 aromatic carbocycles. The molecule has 2 aromatic rings. The largest absolute Gasteiger partial charge is 0.384 e. The third kappa shape index (κ3) is 3.26. The Hall–Kier alpha value is -1.27. The molecule has 2 aliphatic heterocycles. The highest BCUT2D eigenvalue weighted by Gasteiger charge is 2.37. The number of fused-ring (bicyclic) bond motifs is 2. The Bertz CT molecular complexity index is 915. The quantitative estimate of drug-likeness (QED) is 0.856. The van der Waals surface area contributed by atoms with Crippen molar-refractivity contribution >= 4 is 39.5 Å². The molecule has 2 aliphatic rings. The van der Waals surface area contributed by atoms with Gasteiger partial charge in [-0.05, 0) is 48.4 Å². The number of para-hydroxylation sites is 1. The summed E-state index contributed by atoms with van der Waals surface area (Å²) in [5.74, 6) is 0.113. The molecule has 1 N–H and O–H groups in total. The number of rotatable bonds is 3. The maximum Gasteiger partial charge on any atom is 0.180 e. The molecule has 4 nitrogen and oxygen atoms in total. The second-order valence-corrected chi connectivity index (χ2v) is 8.96. The average Bonchev–Trinajstić information content (AvgIpc) is 3.10. The highest BCUT2D eigenvalue weighted by atomic mass is 35.5. The van der Waals surface area contributed by atoms with E-state index in [0.717, 1.165) is 18.5 Å². The topological polar surface area (TPSA) is 49.4 Å². The first kappa shape index (κ1) is 18.5. The van der Waals surface area contributed by atoms with Crippen molar-refractivity contribution < 1.29 is 8.42 Å². The molecule has 25 heavy (non-hydrogen) atoms. The lowest BCUT2D eigenvalue weighted by atomic mass is 10.0. The molecule has 0 fully saturated rings.